The molecule has 0 saturated carbocycles. The standard InChI is InChI=1S/C24H33N7/c1-18(2)29-12-14-30(15-13-29)24-26-11-9-22-27-20(17-31(22)24)16-28(3)21-8-4-6-19-7-5-10-25-23(19)21/h5,7,9-11,17-18,21H,4,6,8,12-16H2,1-3H3/t21-/m0/s1. The number of imidazole rings is 1. The topological polar surface area (TPSA) is 52.8 Å². The highest BCUT2D eigenvalue weighted by Crippen LogP contribution is 2.32. The second kappa shape index (κ2) is 8.55. The summed E-state index contributed by atoms with van der Waals surface area (Å²) in [5.41, 5.74) is 4.69. The van der Waals surface area contributed by atoms with Crippen LogP contribution in [0, 0.1) is 0 Å². The molecule has 1 aliphatic heterocycles. The molecule has 1 fully saturated rings. The molecule has 5 rings (SSSR count). The first-order valence-corrected chi connectivity index (χ1v) is 11.6. The number of piperazine rings is 1. The fraction of sp³-hybridized carbons (Fsp3) is 0.542. The van der Waals surface area contributed by atoms with Crippen molar-refractivity contribution in [3.63, 3.8) is 0 Å². The Kier molecular flexibility index (Phi) is 5.63. The molecule has 1 saturated heterocycles. The van der Waals surface area contributed by atoms with E-state index in [0.29, 0.717) is 12.1 Å². The van der Waals surface area contributed by atoms with E-state index in [9.17, 15) is 0 Å². The van der Waals surface area contributed by atoms with Gasteiger partial charge in [0.05, 0.1) is 17.4 Å². The van der Waals surface area contributed by atoms with E-state index in [2.05, 4.69) is 58.3 Å². The lowest BCUT2D eigenvalue weighted by molar-refractivity contribution is 0.206. The summed E-state index contributed by atoms with van der Waals surface area (Å²) >= 11 is 0. The minimum absolute atomic E-state index is 0.358. The maximum Gasteiger partial charge on any atom is 0.211 e. The molecule has 1 atom stereocenters. The largest absolute Gasteiger partial charge is 0.339 e. The lowest BCUT2D eigenvalue weighted by Crippen LogP contribution is -2.49. The van der Waals surface area contributed by atoms with Crippen molar-refractivity contribution < 1.29 is 0 Å². The number of fused-ring (bicyclic) bond motifs is 2. The molecule has 3 aromatic heterocycles. The summed E-state index contributed by atoms with van der Waals surface area (Å²) in [6, 6.07) is 7.25. The quantitative estimate of drug-likeness (QED) is 0.633. The highest BCUT2D eigenvalue weighted by molar-refractivity contribution is 5.48. The van der Waals surface area contributed by atoms with Crippen LogP contribution in [-0.2, 0) is 13.0 Å². The van der Waals surface area contributed by atoms with Crippen LogP contribution < -0.4 is 4.90 Å². The van der Waals surface area contributed by atoms with Gasteiger partial charge in [0.1, 0.15) is 5.65 Å². The number of rotatable bonds is 5. The predicted molar refractivity (Wildman–Crippen MR) is 123 cm³/mol. The first kappa shape index (κ1) is 20.4. The maximum atomic E-state index is 4.93. The molecule has 0 aromatic carbocycles. The van der Waals surface area contributed by atoms with E-state index in [1.54, 1.807) is 0 Å². The summed E-state index contributed by atoms with van der Waals surface area (Å²) in [4.78, 5) is 21.7. The Balaban J connectivity index is 1.35. The zero-order valence-electron chi connectivity index (χ0n) is 18.9. The Bertz CT molecular complexity index is 1040. The number of nitrogens with zero attached hydrogens (tertiary/aromatic N) is 7. The molecule has 0 bridgehead atoms. The zero-order chi connectivity index (χ0) is 21.4. The number of aryl methyl sites for hydroxylation is 1. The van der Waals surface area contributed by atoms with Crippen LogP contribution >= 0.6 is 0 Å². The van der Waals surface area contributed by atoms with Crippen molar-refractivity contribution in [2.24, 2.45) is 0 Å². The summed E-state index contributed by atoms with van der Waals surface area (Å²) in [6.07, 6.45) is 9.50. The van der Waals surface area contributed by atoms with Crippen molar-refractivity contribution in [2.45, 2.75) is 51.7 Å². The Hall–Kier alpha value is -2.51. The summed E-state index contributed by atoms with van der Waals surface area (Å²) in [6.45, 7) is 9.51. The van der Waals surface area contributed by atoms with Crippen LogP contribution in [0.1, 0.15) is 49.7 Å². The Morgan fingerprint density at radius 1 is 1.10 bits per heavy atom. The van der Waals surface area contributed by atoms with Gasteiger partial charge in [0.2, 0.25) is 5.95 Å². The molecule has 0 unspecified atom stereocenters. The van der Waals surface area contributed by atoms with Crippen LogP contribution in [0.3, 0.4) is 0 Å². The number of hydrogen-bond acceptors (Lipinski definition) is 6. The minimum Gasteiger partial charge on any atom is -0.339 e. The SMILES string of the molecule is CC(C)N1CCN(c2nccc3nc(CN(C)[C@H]4CCCc5cccnc54)cn23)CC1. The summed E-state index contributed by atoms with van der Waals surface area (Å²) in [7, 11) is 2.20. The first-order chi connectivity index (χ1) is 15.1. The molecule has 0 N–H and O–H groups in total. The van der Waals surface area contributed by atoms with Crippen molar-refractivity contribution in [2.75, 3.05) is 38.1 Å². The average Bonchev–Trinajstić information content (AvgIpc) is 3.21. The number of pyridine rings is 1. The predicted octanol–water partition coefficient (Wildman–Crippen LogP) is 3.16. The fourth-order valence-electron chi connectivity index (χ4n) is 5.08. The third-order valence-electron chi connectivity index (χ3n) is 6.85. The van der Waals surface area contributed by atoms with Gasteiger partial charge in [-0.1, -0.05) is 6.07 Å². The lowest BCUT2D eigenvalue weighted by atomic mass is 9.91. The van der Waals surface area contributed by atoms with Crippen molar-refractivity contribution in [1.82, 2.24) is 29.2 Å². The molecular formula is C24H33N7. The minimum atomic E-state index is 0.358. The van der Waals surface area contributed by atoms with E-state index in [0.717, 1.165) is 62.9 Å². The van der Waals surface area contributed by atoms with E-state index in [-0.39, 0.29) is 0 Å². The molecule has 164 valence electrons. The molecule has 7 nitrogen and oxygen atoms in total. The molecule has 0 spiro atoms. The Labute approximate surface area is 184 Å². The Morgan fingerprint density at radius 2 is 1.94 bits per heavy atom. The van der Waals surface area contributed by atoms with E-state index in [1.165, 1.54) is 17.7 Å². The molecule has 2 aliphatic rings. The fourth-order valence-corrected chi connectivity index (χ4v) is 5.08. The normalized spacial score (nSPS) is 20.0. The van der Waals surface area contributed by atoms with Crippen molar-refractivity contribution in [3.05, 3.63) is 53.7 Å². The molecule has 4 heterocycles. The molecule has 7 heteroatoms. The summed E-state index contributed by atoms with van der Waals surface area (Å²) < 4.78 is 2.17. The third kappa shape index (κ3) is 4.04. The average molecular weight is 420 g/mol. The van der Waals surface area contributed by atoms with Gasteiger partial charge in [0.15, 0.2) is 0 Å². The lowest BCUT2D eigenvalue weighted by Gasteiger charge is -2.37. The van der Waals surface area contributed by atoms with Crippen LogP contribution in [-0.4, -0.2) is 68.4 Å². The summed E-state index contributed by atoms with van der Waals surface area (Å²) in [5.74, 6) is 1.01. The first-order valence-electron chi connectivity index (χ1n) is 11.6. The van der Waals surface area contributed by atoms with Gasteiger partial charge in [-0.25, -0.2) is 9.97 Å². The van der Waals surface area contributed by atoms with Gasteiger partial charge in [0, 0.05) is 57.4 Å². The van der Waals surface area contributed by atoms with Gasteiger partial charge in [-0.2, -0.15) is 0 Å². The maximum absolute atomic E-state index is 4.93. The van der Waals surface area contributed by atoms with Gasteiger partial charge in [-0.15, -0.1) is 0 Å². The molecule has 0 radical (unpaired) electrons. The van der Waals surface area contributed by atoms with Gasteiger partial charge >= 0.3 is 0 Å². The highest BCUT2D eigenvalue weighted by Gasteiger charge is 2.26. The monoisotopic (exact) mass is 419 g/mol. The van der Waals surface area contributed by atoms with E-state index in [4.69, 9.17) is 15.0 Å². The van der Waals surface area contributed by atoms with Gasteiger partial charge in [-0.3, -0.25) is 19.2 Å². The van der Waals surface area contributed by atoms with Crippen molar-refractivity contribution in [1.29, 1.82) is 0 Å². The molecule has 31 heavy (non-hydrogen) atoms. The molecular weight excluding hydrogens is 386 g/mol. The van der Waals surface area contributed by atoms with E-state index >= 15 is 0 Å². The van der Waals surface area contributed by atoms with Gasteiger partial charge < -0.3 is 4.90 Å². The molecule has 0 amide bonds. The zero-order valence-corrected chi connectivity index (χ0v) is 18.9. The van der Waals surface area contributed by atoms with Gasteiger partial charge in [0.25, 0.3) is 0 Å². The highest BCUT2D eigenvalue weighted by atomic mass is 15.3. The van der Waals surface area contributed by atoms with Crippen LogP contribution in [0.4, 0.5) is 5.95 Å². The van der Waals surface area contributed by atoms with E-state index in [1.807, 2.05) is 18.5 Å². The Morgan fingerprint density at radius 3 is 2.74 bits per heavy atom. The van der Waals surface area contributed by atoms with Crippen molar-refractivity contribution >= 4 is 11.6 Å². The van der Waals surface area contributed by atoms with E-state index < -0.39 is 0 Å². The third-order valence-corrected chi connectivity index (χ3v) is 6.85. The number of anilines is 1. The van der Waals surface area contributed by atoms with Crippen LogP contribution in [0.25, 0.3) is 5.65 Å². The van der Waals surface area contributed by atoms with Gasteiger partial charge in [-0.05, 0) is 57.9 Å². The van der Waals surface area contributed by atoms with Crippen LogP contribution in [0.5, 0.6) is 0 Å². The molecule has 1 aliphatic carbocycles. The van der Waals surface area contributed by atoms with Crippen molar-refractivity contribution in [3.8, 4) is 0 Å². The smallest absolute Gasteiger partial charge is 0.211 e. The second-order valence-electron chi connectivity index (χ2n) is 9.19. The second-order valence-corrected chi connectivity index (χ2v) is 9.19. The number of hydrogen-bond donors (Lipinski definition) is 0. The van der Waals surface area contributed by atoms with Crippen LogP contribution in [0.2, 0.25) is 0 Å². The summed E-state index contributed by atoms with van der Waals surface area (Å²) in [5, 5.41) is 0. The number of aromatic nitrogens is 4. The van der Waals surface area contributed by atoms with Crippen LogP contribution in [0.15, 0.2) is 36.8 Å². The molecule has 3 aromatic rings.